The molecule has 1 aromatic heterocycles. The summed E-state index contributed by atoms with van der Waals surface area (Å²) in [5.74, 6) is 0. The van der Waals surface area contributed by atoms with Crippen molar-refractivity contribution in [1.29, 1.82) is 0 Å². The molecule has 0 aliphatic carbocycles. The molecule has 2 heterocycles. The van der Waals surface area contributed by atoms with E-state index in [0.29, 0.717) is 10.5 Å². The third-order valence-corrected chi connectivity index (χ3v) is 4.03. The van der Waals surface area contributed by atoms with Gasteiger partial charge in [-0.3, -0.25) is 0 Å². The fraction of sp³-hybridized carbons (Fsp3) is 0.667. The molecule has 0 amide bonds. The first-order valence-corrected chi connectivity index (χ1v) is 6.49. The Balaban J connectivity index is 2.22. The van der Waals surface area contributed by atoms with Crippen molar-refractivity contribution < 1.29 is 18.1 Å². The molecule has 1 saturated heterocycles. The topological polar surface area (TPSA) is 23.4 Å². The van der Waals surface area contributed by atoms with Gasteiger partial charge in [0, 0.05) is 17.9 Å². The van der Waals surface area contributed by atoms with Crippen LogP contribution in [0.1, 0.15) is 27.7 Å². The van der Waals surface area contributed by atoms with E-state index in [1.54, 1.807) is 6.20 Å². The van der Waals surface area contributed by atoms with E-state index in [-0.39, 0.29) is 6.54 Å². The predicted molar refractivity (Wildman–Crippen MR) is 71.2 cm³/mol. The van der Waals surface area contributed by atoms with Crippen LogP contribution in [0.3, 0.4) is 0 Å². The molecule has 0 spiro atoms. The van der Waals surface area contributed by atoms with Crippen molar-refractivity contribution in [2.24, 2.45) is 0 Å². The molecule has 0 atom stereocenters. The zero-order valence-electron chi connectivity index (χ0n) is 11.4. The van der Waals surface area contributed by atoms with Crippen molar-refractivity contribution in [3.05, 3.63) is 17.4 Å². The number of halogens is 3. The molecular weight excluding hydrogens is 274 g/mol. The van der Waals surface area contributed by atoms with E-state index in [4.69, 9.17) is 20.9 Å². The van der Waals surface area contributed by atoms with Gasteiger partial charge in [0.25, 0.3) is 6.43 Å². The summed E-state index contributed by atoms with van der Waals surface area (Å²) in [6.07, 6.45) is 0.597. The first-order valence-electron chi connectivity index (χ1n) is 6.11. The van der Waals surface area contributed by atoms with Crippen LogP contribution in [-0.2, 0) is 15.9 Å². The molecular formula is C12H17BClF2NO2. The van der Waals surface area contributed by atoms with Gasteiger partial charge in [0.2, 0.25) is 0 Å². The number of hydrogen-bond acceptors (Lipinski definition) is 2. The quantitative estimate of drug-likeness (QED) is 0.799. The van der Waals surface area contributed by atoms with Gasteiger partial charge < -0.3 is 13.9 Å². The second-order valence-corrected chi connectivity index (χ2v) is 6.14. The Bertz CT molecular complexity index is 460. The average Bonchev–Trinajstić information content (AvgIpc) is 2.64. The third-order valence-electron chi connectivity index (χ3n) is 3.72. The van der Waals surface area contributed by atoms with Crippen LogP contribution in [0.4, 0.5) is 8.78 Å². The number of hydrogen-bond donors (Lipinski definition) is 0. The van der Waals surface area contributed by atoms with Crippen molar-refractivity contribution >= 4 is 24.2 Å². The Labute approximate surface area is 117 Å². The molecule has 0 radical (unpaired) electrons. The summed E-state index contributed by atoms with van der Waals surface area (Å²) in [6.45, 7) is 7.32. The van der Waals surface area contributed by atoms with Gasteiger partial charge in [-0.05, 0) is 27.7 Å². The minimum Gasteiger partial charge on any atom is -0.399 e. The zero-order chi connectivity index (χ0) is 14.4. The van der Waals surface area contributed by atoms with Gasteiger partial charge in [-0.15, -0.1) is 0 Å². The normalized spacial score (nSPS) is 21.4. The summed E-state index contributed by atoms with van der Waals surface area (Å²) >= 11 is 6.07. The molecule has 7 heteroatoms. The van der Waals surface area contributed by atoms with Crippen LogP contribution in [0.2, 0.25) is 5.02 Å². The van der Waals surface area contributed by atoms with Gasteiger partial charge in [0.05, 0.1) is 22.8 Å². The van der Waals surface area contributed by atoms with Crippen LogP contribution in [-0.4, -0.2) is 29.3 Å². The van der Waals surface area contributed by atoms with E-state index in [9.17, 15) is 8.78 Å². The average molecular weight is 292 g/mol. The van der Waals surface area contributed by atoms with Gasteiger partial charge in [0.15, 0.2) is 0 Å². The van der Waals surface area contributed by atoms with Crippen LogP contribution >= 0.6 is 11.6 Å². The van der Waals surface area contributed by atoms with Gasteiger partial charge >= 0.3 is 7.12 Å². The summed E-state index contributed by atoms with van der Waals surface area (Å²) in [5.41, 5.74) is -0.376. The number of nitrogens with zero attached hydrogens (tertiary/aromatic N) is 1. The van der Waals surface area contributed by atoms with E-state index in [0.717, 1.165) is 0 Å². The highest BCUT2D eigenvalue weighted by Gasteiger charge is 2.52. The van der Waals surface area contributed by atoms with Gasteiger partial charge in [-0.25, -0.2) is 8.78 Å². The first kappa shape index (κ1) is 14.8. The summed E-state index contributed by atoms with van der Waals surface area (Å²) in [5, 5.41) is 0.374. The van der Waals surface area contributed by atoms with Crippen LogP contribution in [0.15, 0.2) is 12.4 Å². The maximum absolute atomic E-state index is 12.4. The molecule has 0 saturated carbocycles. The molecule has 0 N–H and O–H groups in total. The molecule has 0 bridgehead atoms. The third kappa shape index (κ3) is 2.80. The van der Waals surface area contributed by atoms with Gasteiger partial charge in [-0.2, -0.15) is 0 Å². The molecule has 1 fully saturated rings. The lowest BCUT2D eigenvalue weighted by Gasteiger charge is -2.32. The Morgan fingerprint density at radius 3 is 2.21 bits per heavy atom. The predicted octanol–water partition coefficient (Wildman–Crippen LogP) is 2.71. The Hall–Kier alpha value is -0.585. The van der Waals surface area contributed by atoms with Crippen LogP contribution in [0, 0.1) is 0 Å². The fourth-order valence-corrected chi connectivity index (χ4v) is 2.17. The summed E-state index contributed by atoms with van der Waals surface area (Å²) in [7, 11) is -0.628. The number of aromatic nitrogens is 1. The van der Waals surface area contributed by atoms with E-state index in [2.05, 4.69) is 0 Å². The van der Waals surface area contributed by atoms with Crippen molar-refractivity contribution in [1.82, 2.24) is 4.57 Å². The standard InChI is InChI=1S/C12H17BClF2NO2/c1-11(2)12(3,4)19-13(18-11)8-5-17(6-9(8)14)7-10(15)16/h5-6,10H,7H2,1-4H3. The molecule has 1 aromatic rings. The Morgan fingerprint density at radius 1 is 1.21 bits per heavy atom. The monoisotopic (exact) mass is 291 g/mol. The Kier molecular flexibility index (Phi) is 3.71. The maximum atomic E-state index is 12.4. The van der Waals surface area contributed by atoms with E-state index >= 15 is 0 Å². The highest BCUT2D eigenvalue weighted by molar-refractivity contribution is 6.65. The molecule has 106 valence electrons. The lowest BCUT2D eigenvalue weighted by molar-refractivity contribution is 0.00578. The lowest BCUT2D eigenvalue weighted by atomic mass is 9.81. The number of alkyl halides is 2. The van der Waals surface area contributed by atoms with Crippen LogP contribution < -0.4 is 5.46 Å². The highest BCUT2D eigenvalue weighted by atomic mass is 35.5. The highest BCUT2D eigenvalue weighted by Crippen LogP contribution is 2.37. The molecule has 2 rings (SSSR count). The van der Waals surface area contributed by atoms with Gasteiger partial charge in [-0.1, -0.05) is 11.6 Å². The maximum Gasteiger partial charge on any atom is 0.497 e. The minimum atomic E-state index is -2.42. The second kappa shape index (κ2) is 4.75. The molecule has 19 heavy (non-hydrogen) atoms. The smallest absolute Gasteiger partial charge is 0.399 e. The Morgan fingerprint density at radius 2 is 1.74 bits per heavy atom. The zero-order valence-corrected chi connectivity index (χ0v) is 12.2. The SMILES string of the molecule is CC1(C)OB(c2cn(CC(F)F)cc2Cl)OC1(C)C. The summed E-state index contributed by atoms with van der Waals surface area (Å²) in [4.78, 5) is 0. The lowest BCUT2D eigenvalue weighted by Crippen LogP contribution is -2.41. The van der Waals surface area contributed by atoms with E-state index in [1.807, 2.05) is 27.7 Å². The van der Waals surface area contributed by atoms with E-state index < -0.39 is 24.7 Å². The number of rotatable bonds is 3. The van der Waals surface area contributed by atoms with Crippen molar-refractivity contribution in [3.63, 3.8) is 0 Å². The van der Waals surface area contributed by atoms with Gasteiger partial charge in [0.1, 0.15) is 0 Å². The molecule has 1 aliphatic heterocycles. The van der Waals surface area contributed by atoms with Crippen molar-refractivity contribution in [2.75, 3.05) is 0 Å². The van der Waals surface area contributed by atoms with Crippen molar-refractivity contribution in [2.45, 2.75) is 51.9 Å². The molecule has 0 unspecified atom stereocenters. The fourth-order valence-electron chi connectivity index (χ4n) is 1.91. The molecule has 3 nitrogen and oxygen atoms in total. The van der Waals surface area contributed by atoms with Crippen LogP contribution in [0.5, 0.6) is 0 Å². The summed E-state index contributed by atoms with van der Waals surface area (Å²) < 4.78 is 37.8. The minimum absolute atomic E-state index is 0.374. The molecule has 1 aliphatic rings. The van der Waals surface area contributed by atoms with Crippen molar-refractivity contribution in [3.8, 4) is 0 Å². The van der Waals surface area contributed by atoms with E-state index in [1.165, 1.54) is 10.8 Å². The molecule has 0 aromatic carbocycles. The van der Waals surface area contributed by atoms with Crippen LogP contribution in [0.25, 0.3) is 0 Å². The largest absolute Gasteiger partial charge is 0.497 e. The first-order chi connectivity index (χ1) is 8.62. The second-order valence-electron chi connectivity index (χ2n) is 5.74. The summed E-state index contributed by atoms with van der Waals surface area (Å²) in [6, 6.07) is 0.